The number of hydrogen-bond donors (Lipinski definition) is 1. The molecule has 6 heteroatoms. The number of fused-ring (bicyclic) bond motifs is 1. The van der Waals surface area contributed by atoms with Crippen molar-refractivity contribution in [2.45, 2.75) is 18.6 Å². The maximum atomic E-state index is 12.9. The predicted molar refractivity (Wildman–Crippen MR) is 113 cm³/mol. The van der Waals surface area contributed by atoms with E-state index < -0.39 is 17.8 Å². The van der Waals surface area contributed by atoms with Crippen LogP contribution in [-0.4, -0.2) is 25.6 Å². The fourth-order valence-electron chi connectivity index (χ4n) is 3.58. The Morgan fingerprint density at radius 3 is 2.37 bits per heavy atom. The van der Waals surface area contributed by atoms with Crippen molar-refractivity contribution in [3.63, 3.8) is 0 Å². The number of hydrogen-bond acceptors (Lipinski definition) is 6. The molecule has 6 nitrogen and oxygen atoms in total. The Bertz CT molecular complexity index is 1090. The first-order valence-electron chi connectivity index (χ1n) is 9.56. The molecular weight excluding hydrogens is 384 g/mol. The Morgan fingerprint density at radius 1 is 1.00 bits per heavy atom. The first-order valence-corrected chi connectivity index (χ1v) is 9.56. The molecule has 0 aliphatic carbocycles. The smallest absolute Gasteiger partial charge is 0.343 e. The van der Waals surface area contributed by atoms with E-state index in [4.69, 9.17) is 18.6 Å². The zero-order valence-corrected chi connectivity index (χ0v) is 16.7. The van der Waals surface area contributed by atoms with Crippen molar-refractivity contribution >= 4 is 12.2 Å². The van der Waals surface area contributed by atoms with Crippen molar-refractivity contribution in [3.8, 4) is 17.2 Å². The van der Waals surface area contributed by atoms with E-state index in [1.807, 2.05) is 48.5 Å². The van der Waals surface area contributed by atoms with Crippen LogP contribution < -0.4 is 19.8 Å². The molecule has 0 spiro atoms. The van der Waals surface area contributed by atoms with Gasteiger partial charge in [0.25, 0.3) is 0 Å². The van der Waals surface area contributed by atoms with Crippen molar-refractivity contribution < 1.29 is 23.7 Å². The van der Waals surface area contributed by atoms with Gasteiger partial charge in [-0.15, -0.1) is 0 Å². The molecule has 3 aromatic rings. The highest BCUT2D eigenvalue weighted by molar-refractivity contribution is 5.68. The van der Waals surface area contributed by atoms with E-state index in [1.165, 1.54) is 0 Å². The molecule has 1 aromatic heterocycles. The Labute approximate surface area is 174 Å². The van der Waals surface area contributed by atoms with E-state index in [9.17, 15) is 9.90 Å². The van der Waals surface area contributed by atoms with Crippen LogP contribution in [0.5, 0.6) is 17.2 Å². The minimum atomic E-state index is -1.05. The second kappa shape index (κ2) is 8.47. The summed E-state index contributed by atoms with van der Waals surface area (Å²) in [4.78, 5) is 12.9. The molecule has 2 heterocycles. The summed E-state index contributed by atoms with van der Waals surface area (Å²) in [5.74, 6) is 1.43. The zero-order valence-electron chi connectivity index (χ0n) is 16.7. The summed E-state index contributed by atoms with van der Waals surface area (Å²) >= 11 is 0. The van der Waals surface area contributed by atoms with Crippen LogP contribution in [0.25, 0.3) is 12.2 Å². The first kappa shape index (κ1) is 19.8. The number of rotatable bonds is 5. The Kier molecular flexibility index (Phi) is 5.59. The minimum Gasteiger partial charge on any atom is -0.497 e. The van der Waals surface area contributed by atoms with Crippen molar-refractivity contribution in [2.75, 3.05) is 14.2 Å². The van der Waals surface area contributed by atoms with Crippen LogP contribution in [0.3, 0.4) is 0 Å². The van der Waals surface area contributed by atoms with Crippen LogP contribution in [0.2, 0.25) is 0 Å². The highest BCUT2D eigenvalue weighted by atomic mass is 16.6. The van der Waals surface area contributed by atoms with Crippen LogP contribution in [-0.2, 0) is 0 Å². The van der Waals surface area contributed by atoms with Gasteiger partial charge in [0.2, 0.25) is 0 Å². The first-order chi connectivity index (χ1) is 14.6. The lowest BCUT2D eigenvalue weighted by Crippen LogP contribution is -2.30. The monoisotopic (exact) mass is 406 g/mol. The molecule has 154 valence electrons. The fraction of sp³-hybridized carbons (Fsp3) is 0.208. The Balaban J connectivity index is 1.75. The third-order valence-corrected chi connectivity index (χ3v) is 5.03. The summed E-state index contributed by atoms with van der Waals surface area (Å²) in [6.07, 6.45) is 2.71. The molecule has 0 bridgehead atoms. The van der Waals surface area contributed by atoms with Crippen LogP contribution in [0.4, 0.5) is 0 Å². The number of benzene rings is 2. The third kappa shape index (κ3) is 4.09. The third-order valence-electron chi connectivity index (χ3n) is 5.03. The zero-order chi connectivity index (χ0) is 21.1. The van der Waals surface area contributed by atoms with Crippen molar-refractivity contribution in [1.29, 1.82) is 0 Å². The number of aliphatic hydroxyl groups is 1. The lowest BCUT2D eigenvalue weighted by Gasteiger charge is -2.29. The standard InChI is InChI=1S/C24H22O6/c1-27-18-10-16(11-19(12-18)28-2)20-14-22(25)30-21-13-17(29-24(26)23(20)21)9-8-15-6-4-3-5-7-15/h3-13,20,22,25H,14H2,1-2H3/b9-8+/t20-,22?/m0/s1. The fourth-order valence-corrected chi connectivity index (χ4v) is 3.58. The van der Waals surface area contributed by atoms with Gasteiger partial charge in [0.05, 0.1) is 19.8 Å². The normalized spacial score (nSPS) is 18.0. The quantitative estimate of drug-likeness (QED) is 0.689. The summed E-state index contributed by atoms with van der Waals surface area (Å²) in [5.41, 5.74) is 1.61. The molecule has 0 radical (unpaired) electrons. The summed E-state index contributed by atoms with van der Waals surface area (Å²) in [6, 6.07) is 16.7. The molecule has 0 amide bonds. The molecule has 1 aliphatic heterocycles. The summed E-state index contributed by atoms with van der Waals surface area (Å²) in [7, 11) is 3.12. The highest BCUT2D eigenvalue weighted by Crippen LogP contribution is 2.40. The van der Waals surface area contributed by atoms with Gasteiger partial charge >= 0.3 is 5.63 Å². The second-order valence-electron chi connectivity index (χ2n) is 6.96. The molecule has 0 fully saturated rings. The summed E-state index contributed by atoms with van der Waals surface area (Å²) in [6.45, 7) is 0. The van der Waals surface area contributed by atoms with Gasteiger partial charge in [0.15, 0.2) is 6.29 Å². The van der Waals surface area contributed by atoms with Gasteiger partial charge in [-0.05, 0) is 29.3 Å². The van der Waals surface area contributed by atoms with Gasteiger partial charge in [-0.3, -0.25) is 0 Å². The van der Waals surface area contributed by atoms with E-state index in [-0.39, 0.29) is 6.42 Å². The van der Waals surface area contributed by atoms with E-state index in [0.29, 0.717) is 28.6 Å². The minimum absolute atomic E-state index is 0.216. The van der Waals surface area contributed by atoms with Crippen LogP contribution >= 0.6 is 0 Å². The largest absolute Gasteiger partial charge is 0.497 e. The van der Waals surface area contributed by atoms with Crippen LogP contribution in [0.15, 0.2) is 63.8 Å². The predicted octanol–water partition coefficient (Wildman–Crippen LogP) is 4.06. The molecule has 2 aromatic carbocycles. The maximum Gasteiger partial charge on any atom is 0.343 e. The highest BCUT2D eigenvalue weighted by Gasteiger charge is 2.33. The van der Waals surface area contributed by atoms with Gasteiger partial charge in [0.1, 0.15) is 23.0 Å². The summed E-state index contributed by atoms with van der Waals surface area (Å²) < 4.78 is 21.8. The van der Waals surface area contributed by atoms with Gasteiger partial charge in [-0.1, -0.05) is 36.4 Å². The van der Waals surface area contributed by atoms with Crippen LogP contribution in [0.1, 0.15) is 34.8 Å². The van der Waals surface area contributed by atoms with Gasteiger partial charge in [0, 0.05) is 24.5 Å². The molecule has 0 saturated carbocycles. The van der Waals surface area contributed by atoms with E-state index in [0.717, 1.165) is 11.1 Å². The Morgan fingerprint density at radius 2 is 1.70 bits per heavy atom. The molecule has 0 saturated heterocycles. The number of methoxy groups -OCH3 is 2. The molecule has 1 unspecified atom stereocenters. The van der Waals surface area contributed by atoms with Crippen molar-refractivity contribution in [2.24, 2.45) is 0 Å². The van der Waals surface area contributed by atoms with Crippen molar-refractivity contribution in [1.82, 2.24) is 0 Å². The molecule has 30 heavy (non-hydrogen) atoms. The molecule has 1 aliphatic rings. The SMILES string of the molecule is COc1cc(OC)cc([C@@H]2CC(O)Oc3cc(/C=C/c4ccccc4)oc(=O)c32)c1. The lowest BCUT2D eigenvalue weighted by molar-refractivity contribution is -0.0370. The Hall–Kier alpha value is -3.51. The average Bonchev–Trinajstić information content (AvgIpc) is 2.77. The average molecular weight is 406 g/mol. The van der Waals surface area contributed by atoms with Crippen molar-refractivity contribution in [3.05, 3.63) is 87.5 Å². The molecule has 1 N–H and O–H groups in total. The van der Waals surface area contributed by atoms with Gasteiger partial charge in [-0.2, -0.15) is 0 Å². The van der Waals surface area contributed by atoms with Gasteiger partial charge < -0.3 is 23.7 Å². The molecule has 4 rings (SSSR count). The molecule has 2 atom stereocenters. The second-order valence-corrected chi connectivity index (χ2v) is 6.96. The number of aliphatic hydroxyl groups excluding tert-OH is 1. The van der Waals surface area contributed by atoms with E-state index >= 15 is 0 Å². The number of ether oxygens (including phenoxy) is 3. The van der Waals surface area contributed by atoms with E-state index in [2.05, 4.69) is 0 Å². The maximum absolute atomic E-state index is 12.9. The topological polar surface area (TPSA) is 78.1 Å². The van der Waals surface area contributed by atoms with Crippen LogP contribution in [0, 0.1) is 0 Å². The lowest BCUT2D eigenvalue weighted by atomic mass is 9.86. The molecular formula is C24H22O6. The summed E-state index contributed by atoms with van der Waals surface area (Å²) in [5, 5.41) is 10.3. The van der Waals surface area contributed by atoms with E-state index in [1.54, 1.807) is 32.4 Å². The van der Waals surface area contributed by atoms with Gasteiger partial charge in [-0.25, -0.2) is 4.79 Å².